The molecule has 0 fully saturated rings. The summed E-state index contributed by atoms with van der Waals surface area (Å²) in [5.74, 6) is 0. The van der Waals surface area contributed by atoms with Crippen molar-refractivity contribution in [2.24, 2.45) is 0 Å². The molecule has 0 spiro atoms. The molecular weight excluding hydrogens is 319 g/mol. The third-order valence-electron chi connectivity index (χ3n) is 3.80. The van der Waals surface area contributed by atoms with Crippen LogP contribution in [0.2, 0.25) is 10.0 Å². The number of urea groups is 1. The summed E-state index contributed by atoms with van der Waals surface area (Å²) in [7, 11) is 0. The van der Waals surface area contributed by atoms with Crippen LogP contribution in [-0.4, -0.2) is 12.6 Å². The quantitative estimate of drug-likeness (QED) is 0.747. The normalized spacial score (nSPS) is 14.2. The van der Waals surface area contributed by atoms with Crippen molar-refractivity contribution in [3.63, 3.8) is 0 Å². The molecule has 0 aliphatic carbocycles. The van der Waals surface area contributed by atoms with Crippen molar-refractivity contribution in [1.29, 1.82) is 0 Å². The molecule has 0 radical (unpaired) electrons. The average molecular weight is 335 g/mol. The molecule has 0 bridgehead atoms. The summed E-state index contributed by atoms with van der Waals surface area (Å²) >= 11 is 12.1. The smallest absolute Gasteiger partial charge is 0.306 e. The number of carbonyl (C=O) groups is 1. The monoisotopic (exact) mass is 334 g/mol. The van der Waals surface area contributed by atoms with E-state index in [0.717, 1.165) is 24.9 Å². The second-order valence-electron chi connectivity index (χ2n) is 5.27. The minimum atomic E-state index is -0.182. The Morgan fingerprint density at radius 1 is 1.05 bits per heavy atom. The van der Waals surface area contributed by atoms with Gasteiger partial charge in [0.1, 0.15) is 0 Å². The van der Waals surface area contributed by atoms with Gasteiger partial charge in [0, 0.05) is 12.2 Å². The molecule has 3 rings (SSSR count). The van der Waals surface area contributed by atoms with Gasteiger partial charge < -0.3 is 5.32 Å². The van der Waals surface area contributed by atoms with Crippen LogP contribution < -0.4 is 10.2 Å². The number of fused-ring (bicyclic) bond motifs is 1. The molecule has 22 heavy (non-hydrogen) atoms. The minimum absolute atomic E-state index is 0.182. The first kappa shape index (κ1) is 15.2. The zero-order valence-corrected chi connectivity index (χ0v) is 13.5. The van der Waals surface area contributed by atoms with Gasteiger partial charge in [0.15, 0.2) is 0 Å². The number of benzene rings is 2. The van der Waals surface area contributed by atoms with Gasteiger partial charge in [0.05, 0.1) is 15.7 Å². The molecule has 2 aromatic carbocycles. The number of hydrogen-bond acceptors (Lipinski definition) is 1. The molecule has 114 valence electrons. The van der Waals surface area contributed by atoms with E-state index in [1.54, 1.807) is 23.1 Å². The van der Waals surface area contributed by atoms with Crippen LogP contribution in [0.1, 0.15) is 18.4 Å². The number of anilines is 2. The molecule has 1 aliphatic heterocycles. The SMILES string of the molecule is O=C(Nc1cccc(Cl)c1Cl)N1CCCCc2ccccc21. The lowest BCUT2D eigenvalue weighted by atomic mass is 10.1. The Kier molecular flexibility index (Phi) is 4.55. The van der Waals surface area contributed by atoms with E-state index in [2.05, 4.69) is 11.4 Å². The van der Waals surface area contributed by atoms with E-state index in [0.29, 0.717) is 22.3 Å². The van der Waals surface area contributed by atoms with Crippen molar-refractivity contribution >= 4 is 40.6 Å². The highest BCUT2D eigenvalue weighted by Crippen LogP contribution is 2.31. The highest BCUT2D eigenvalue weighted by molar-refractivity contribution is 6.44. The Bertz CT molecular complexity index is 703. The van der Waals surface area contributed by atoms with Gasteiger partial charge in [-0.2, -0.15) is 0 Å². The molecule has 0 unspecified atom stereocenters. The van der Waals surface area contributed by atoms with Gasteiger partial charge in [-0.1, -0.05) is 47.5 Å². The van der Waals surface area contributed by atoms with Crippen molar-refractivity contribution in [3.8, 4) is 0 Å². The lowest BCUT2D eigenvalue weighted by molar-refractivity contribution is 0.257. The van der Waals surface area contributed by atoms with Crippen molar-refractivity contribution in [3.05, 3.63) is 58.1 Å². The van der Waals surface area contributed by atoms with E-state index in [4.69, 9.17) is 23.2 Å². The van der Waals surface area contributed by atoms with E-state index in [1.165, 1.54) is 5.56 Å². The number of halogens is 2. The van der Waals surface area contributed by atoms with Gasteiger partial charge in [-0.05, 0) is 43.0 Å². The molecule has 1 aliphatic rings. The van der Waals surface area contributed by atoms with Crippen molar-refractivity contribution in [2.75, 3.05) is 16.8 Å². The molecule has 0 saturated heterocycles. The molecule has 5 heteroatoms. The summed E-state index contributed by atoms with van der Waals surface area (Å²) in [6.07, 6.45) is 3.06. The fourth-order valence-corrected chi connectivity index (χ4v) is 3.03. The number of rotatable bonds is 1. The van der Waals surface area contributed by atoms with Crippen molar-refractivity contribution in [2.45, 2.75) is 19.3 Å². The summed E-state index contributed by atoms with van der Waals surface area (Å²) in [6, 6.07) is 13.0. The number of hydrogen-bond donors (Lipinski definition) is 1. The zero-order valence-electron chi connectivity index (χ0n) is 12.0. The van der Waals surface area contributed by atoms with Crippen LogP contribution in [0, 0.1) is 0 Å². The van der Waals surface area contributed by atoms with Gasteiger partial charge in [-0.15, -0.1) is 0 Å². The van der Waals surface area contributed by atoms with E-state index < -0.39 is 0 Å². The maximum Gasteiger partial charge on any atom is 0.326 e. The Hall–Kier alpha value is -1.71. The fraction of sp³-hybridized carbons (Fsp3) is 0.235. The number of carbonyl (C=O) groups excluding carboxylic acids is 1. The van der Waals surface area contributed by atoms with Gasteiger partial charge in [-0.3, -0.25) is 4.90 Å². The molecule has 2 amide bonds. The van der Waals surface area contributed by atoms with Gasteiger partial charge >= 0.3 is 6.03 Å². The Balaban J connectivity index is 1.87. The molecule has 0 aromatic heterocycles. The van der Waals surface area contributed by atoms with Crippen molar-refractivity contribution < 1.29 is 4.79 Å². The van der Waals surface area contributed by atoms with Crippen molar-refractivity contribution in [1.82, 2.24) is 0 Å². The highest BCUT2D eigenvalue weighted by Gasteiger charge is 2.21. The third kappa shape index (κ3) is 3.06. The Labute approximate surface area is 139 Å². The molecule has 0 atom stereocenters. The second-order valence-corrected chi connectivity index (χ2v) is 6.05. The summed E-state index contributed by atoms with van der Waals surface area (Å²) < 4.78 is 0. The lowest BCUT2D eigenvalue weighted by Gasteiger charge is -2.23. The van der Waals surface area contributed by atoms with Crippen LogP contribution >= 0.6 is 23.2 Å². The maximum atomic E-state index is 12.7. The average Bonchev–Trinajstić information content (AvgIpc) is 2.74. The van der Waals surface area contributed by atoms with Gasteiger partial charge in [0.2, 0.25) is 0 Å². The Morgan fingerprint density at radius 3 is 2.73 bits per heavy atom. The first-order valence-electron chi connectivity index (χ1n) is 7.27. The van der Waals surface area contributed by atoms with Gasteiger partial charge in [-0.25, -0.2) is 4.79 Å². The number of amides is 2. The number of para-hydroxylation sites is 1. The van der Waals surface area contributed by atoms with Crippen LogP contribution in [0.25, 0.3) is 0 Å². The van der Waals surface area contributed by atoms with Crippen LogP contribution in [-0.2, 0) is 6.42 Å². The van der Waals surface area contributed by atoms with Crippen LogP contribution in [0.4, 0.5) is 16.2 Å². The van der Waals surface area contributed by atoms with Crippen LogP contribution in [0.3, 0.4) is 0 Å². The third-order valence-corrected chi connectivity index (χ3v) is 4.62. The molecule has 1 N–H and O–H groups in total. The summed E-state index contributed by atoms with van der Waals surface area (Å²) in [5, 5.41) is 3.65. The van der Waals surface area contributed by atoms with Crippen LogP contribution in [0.15, 0.2) is 42.5 Å². The summed E-state index contributed by atoms with van der Waals surface area (Å²) in [5.41, 5.74) is 2.70. The van der Waals surface area contributed by atoms with E-state index in [9.17, 15) is 4.79 Å². The Morgan fingerprint density at radius 2 is 1.86 bits per heavy atom. The molecule has 1 heterocycles. The predicted octanol–water partition coefficient (Wildman–Crippen LogP) is 5.37. The topological polar surface area (TPSA) is 32.3 Å². The predicted molar refractivity (Wildman–Crippen MR) is 92.2 cm³/mol. The molecule has 3 nitrogen and oxygen atoms in total. The minimum Gasteiger partial charge on any atom is -0.306 e. The zero-order chi connectivity index (χ0) is 15.5. The van der Waals surface area contributed by atoms with Crippen LogP contribution in [0.5, 0.6) is 0 Å². The standard InChI is InChI=1S/C17H16Cl2N2O/c18-13-8-5-9-14(16(13)19)20-17(22)21-11-4-3-7-12-6-1-2-10-15(12)21/h1-2,5-6,8-10H,3-4,7,11H2,(H,20,22). The second kappa shape index (κ2) is 6.59. The molecular formula is C17H16Cl2N2O. The molecule has 0 saturated carbocycles. The highest BCUT2D eigenvalue weighted by atomic mass is 35.5. The van der Waals surface area contributed by atoms with E-state index >= 15 is 0 Å². The van der Waals surface area contributed by atoms with E-state index in [1.807, 2.05) is 18.2 Å². The first-order chi connectivity index (χ1) is 10.7. The molecule has 2 aromatic rings. The van der Waals surface area contributed by atoms with Gasteiger partial charge in [0.25, 0.3) is 0 Å². The lowest BCUT2D eigenvalue weighted by Crippen LogP contribution is -2.35. The summed E-state index contributed by atoms with van der Waals surface area (Å²) in [4.78, 5) is 14.4. The number of nitrogens with zero attached hydrogens (tertiary/aromatic N) is 1. The maximum absolute atomic E-state index is 12.7. The fourth-order valence-electron chi connectivity index (χ4n) is 2.69. The number of aryl methyl sites for hydroxylation is 1. The largest absolute Gasteiger partial charge is 0.326 e. The van der Waals surface area contributed by atoms with E-state index in [-0.39, 0.29) is 6.03 Å². The number of nitrogens with one attached hydrogen (secondary N) is 1. The summed E-state index contributed by atoms with van der Waals surface area (Å²) in [6.45, 7) is 0.695. The first-order valence-corrected chi connectivity index (χ1v) is 8.03.